The zero-order valence-corrected chi connectivity index (χ0v) is 14.6. The first-order valence-electron chi connectivity index (χ1n) is 8.09. The van der Waals surface area contributed by atoms with E-state index in [0.717, 1.165) is 11.1 Å². The summed E-state index contributed by atoms with van der Waals surface area (Å²) in [5.74, 6) is 1.48. The Morgan fingerprint density at radius 2 is 1.92 bits per heavy atom. The summed E-state index contributed by atoms with van der Waals surface area (Å²) >= 11 is 0. The third-order valence-electron chi connectivity index (χ3n) is 3.63. The van der Waals surface area contributed by atoms with E-state index in [1.54, 1.807) is 19.4 Å². The van der Waals surface area contributed by atoms with E-state index in [0.29, 0.717) is 23.1 Å². The van der Waals surface area contributed by atoms with Crippen LogP contribution in [-0.4, -0.2) is 24.7 Å². The van der Waals surface area contributed by atoms with Crippen molar-refractivity contribution in [2.24, 2.45) is 0 Å². The number of esters is 1. The van der Waals surface area contributed by atoms with E-state index in [4.69, 9.17) is 18.6 Å². The standard InChI is InChI=1S/C20H19NO5/c1-14-8-9-16(17(10-14)23-2)24-13-20(22)25-12-19-21-11-18(26-19)15-6-4-3-5-7-15/h3-11H,12-13H2,1-2H3. The molecule has 0 saturated carbocycles. The maximum atomic E-state index is 11.9. The lowest BCUT2D eigenvalue weighted by Crippen LogP contribution is -2.15. The van der Waals surface area contributed by atoms with Crippen LogP contribution in [0.3, 0.4) is 0 Å². The largest absolute Gasteiger partial charge is 0.493 e. The van der Waals surface area contributed by atoms with Crippen LogP contribution in [0.5, 0.6) is 11.5 Å². The molecule has 2 aromatic carbocycles. The second-order valence-corrected chi connectivity index (χ2v) is 5.59. The minimum Gasteiger partial charge on any atom is -0.493 e. The van der Waals surface area contributed by atoms with E-state index in [1.807, 2.05) is 49.4 Å². The molecule has 0 aliphatic rings. The minimum absolute atomic E-state index is 0.0555. The molecule has 0 atom stereocenters. The van der Waals surface area contributed by atoms with Crippen LogP contribution < -0.4 is 9.47 Å². The summed E-state index contributed by atoms with van der Waals surface area (Å²) in [7, 11) is 1.55. The molecule has 134 valence electrons. The van der Waals surface area contributed by atoms with Gasteiger partial charge in [-0.05, 0) is 24.6 Å². The molecule has 0 amide bonds. The summed E-state index contributed by atoms with van der Waals surface area (Å²) in [5.41, 5.74) is 1.95. The first-order valence-corrected chi connectivity index (χ1v) is 8.09. The third kappa shape index (κ3) is 4.42. The van der Waals surface area contributed by atoms with Crippen LogP contribution in [0.15, 0.2) is 59.1 Å². The van der Waals surface area contributed by atoms with Crippen LogP contribution in [0.25, 0.3) is 11.3 Å². The van der Waals surface area contributed by atoms with Crippen molar-refractivity contribution in [2.45, 2.75) is 13.5 Å². The number of oxazole rings is 1. The van der Waals surface area contributed by atoms with Crippen molar-refractivity contribution in [1.82, 2.24) is 4.98 Å². The van der Waals surface area contributed by atoms with Gasteiger partial charge < -0.3 is 18.6 Å². The fourth-order valence-electron chi connectivity index (χ4n) is 2.33. The van der Waals surface area contributed by atoms with Gasteiger partial charge in [0.25, 0.3) is 0 Å². The van der Waals surface area contributed by atoms with Gasteiger partial charge in [-0.25, -0.2) is 9.78 Å². The maximum absolute atomic E-state index is 11.9. The summed E-state index contributed by atoms with van der Waals surface area (Å²) in [6.07, 6.45) is 1.60. The number of aromatic nitrogens is 1. The lowest BCUT2D eigenvalue weighted by Gasteiger charge is -2.10. The van der Waals surface area contributed by atoms with Crippen molar-refractivity contribution in [3.8, 4) is 22.8 Å². The van der Waals surface area contributed by atoms with Crippen molar-refractivity contribution in [3.63, 3.8) is 0 Å². The average Bonchev–Trinajstić information content (AvgIpc) is 3.15. The van der Waals surface area contributed by atoms with Crippen LogP contribution in [0.1, 0.15) is 11.5 Å². The Hall–Kier alpha value is -3.28. The molecule has 0 spiro atoms. The Bertz CT molecular complexity index is 873. The Balaban J connectivity index is 1.51. The fraction of sp³-hybridized carbons (Fsp3) is 0.200. The highest BCUT2D eigenvalue weighted by Gasteiger charge is 2.11. The van der Waals surface area contributed by atoms with Crippen molar-refractivity contribution < 1.29 is 23.4 Å². The molecule has 3 rings (SSSR count). The van der Waals surface area contributed by atoms with Gasteiger partial charge in [0.2, 0.25) is 5.89 Å². The highest BCUT2D eigenvalue weighted by Crippen LogP contribution is 2.27. The lowest BCUT2D eigenvalue weighted by molar-refractivity contribution is -0.148. The molecule has 1 aromatic heterocycles. The number of aryl methyl sites for hydroxylation is 1. The van der Waals surface area contributed by atoms with Crippen molar-refractivity contribution >= 4 is 5.97 Å². The first-order chi connectivity index (χ1) is 12.7. The van der Waals surface area contributed by atoms with Gasteiger partial charge >= 0.3 is 5.97 Å². The summed E-state index contributed by atoms with van der Waals surface area (Å²) < 4.78 is 21.4. The zero-order valence-electron chi connectivity index (χ0n) is 14.6. The predicted molar refractivity (Wildman–Crippen MR) is 95.0 cm³/mol. The third-order valence-corrected chi connectivity index (χ3v) is 3.63. The number of hydrogen-bond donors (Lipinski definition) is 0. The van der Waals surface area contributed by atoms with E-state index in [1.165, 1.54) is 0 Å². The van der Waals surface area contributed by atoms with Crippen molar-refractivity contribution in [1.29, 1.82) is 0 Å². The monoisotopic (exact) mass is 353 g/mol. The summed E-state index contributed by atoms with van der Waals surface area (Å²) in [6.45, 7) is 1.66. The zero-order chi connectivity index (χ0) is 18.4. The molecule has 0 aliphatic heterocycles. The number of ether oxygens (including phenoxy) is 3. The van der Waals surface area contributed by atoms with Crippen LogP contribution in [0.4, 0.5) is 0 Å². The molecule has 0 bridgehead atoms. The molecule has 0 saturated heterocycles. The number of methoxy groups -OCH3 is 1. The van der Waals surface area contributed by atoms with Gasteiger partial charge in [0.15, 0.2) is 30.5 Å². The summed E-state index contributed by atoms with van der Waals surface area (Å²) in [6, 6.07) is 15.0. The van der Waals surface area contributed by atoms with Crippen LogP contribution in [0, 0.1) is 6.92 Å². The number of rotatable bonds is 7. The molecule has 0 aliphatic carbocycles. The molecule has 0 unspecified atom stereocenters. The smallest absolute Gasteiger partial charge is 0.344 e. The van der Waals surface area contributed by atoms with E-state index in [9.17, 15) is 4.79 Å². The Morgan fingerprint density at radius 1 is 1.12 bits per heavy atom. The molecule has 0 radical (unpaired) electrons. The minimum atomic E-state index is -0.521. The number of hydrogen-bond acceptors (Lipinski definition) is 6. The van der Waals surface area contributed by atoms with Crippen molar-refractivity contribution in [3.05, 3.63) is 66.2 Å². The van der Waals surface area contributed by atoms with E-state index in [2.05, 4.69) is 4.98 Å². The molecule has 6 nitrogen and oxygen atoms in total. The number of nitrogens with zero attached hydrogens (tertiary/aromatic N) is 1. The van der Waals surface area contributed by atoms with Crippen LogP contribution >= 0.6 is 0 Å². The SMILES string of the molecule is COc1cc(C)ccc1OCC(=O)OCc1ncc(-c2ccccc2)o1. The quantitative estimate of drug-likeness (QED) is 0.602. The molecular formula is C20H19NO5. The van der Waals surface area contributed by atoms with Crippen molar-refractivity contribution in [2.75, 3.05) is 13.7 Å². The Labute approximate surface area is 151 Å². The highest BCUT2D eigenvalue weighted by atomic mass is 16.6. The molecular weight excluding hydrogens is 334 g/mol. The van der Waals surface area contributed by atoms with Gasteiger partial charge in [-0.1, -0.05) is 36.4 Å². The first kappa shape index (κ1) is 17.5. The summed E-state index contributed by atoms with van der Waals surface area (Å²) in [4.78, 5) is 16.0. The molecule has 6 heteroatoms. The Kier molecular flexibility index (Phi) is 5.53. The fourth-order valence-corrected chi connectivity index (χ4v) is 2.33. The molecule has 26 heavy (non-hydrogen) atoms. The van der Waals surface area contributed by atoms with E-state index >= 15 is 0 Å². The van der Waals surface area contributed by atoms with Gasteiger partial charge in [0.1, 0.15) is 0 Å². The summed E-state index contributed by atoms with van der Waals surface area (Å²) in [5, 5.41) is 0. The molecule has 0 fully saturated rings. The van der Waals surface area contributed by atoms with Gasteiger partial charge in [0, 0.05) is 5.56 Å². The predicted octanol–water partition coefficient (Wildman–Crippen LogP) is 3.78. The normalized spacial score (nSPS) is 10.4. The van der Waals surface area contributed by atoms with Gasteiger partial charge in [-0.15, -0.1) is 0 Å². The molecule has 0 N–H and O–H groups in total. The number of benzene rings is 2. The second-order valence-electron chi connectivity index (χ2n) is 5.59. The highest BCUT2D eigenvalue weighted by molar-refractivity contribution is 5.71. The van der Waals surface area contributed by atoms with E-state index in [-0.39, 0.29) is 13.2 Å². The van der Waals surface area contributed by atoms with Crippen LogP contribution in [-0.2, 0) is 16.1 Å². The van der Waals surface area contributed by atoms with Crippen LogP contribution in [0.2, 0.25) is 0 Å². The number of carbonyl (C=O) groups excluding carboxylic acids is 1. The maximum Gasteiger partial charge on any atom is 0.344 e. The van der Waals surface area contributed by atoms with E-state index < -0.39 is 5.97 Å². The lowest BCUT2D eigenvalue weighted by atomic mass is 10.2. The number of carbonyl (C=O) groups is 1. The van der Waals surface area contributed by atoms with Gasteiger partial charge in [0.05, 0.1) is 13.3 Å². The van der Waals surface area contributed by atoms with Gasteiger partial charge in [-0.3, -0.25) is 0 Å². The molecule has 3 aromatic rings. The second kappa shape index (κ2) is 8.20. The van der Waals surface area contributed by atoms with Gasteiger partial charge in [-0.2, -0.15) is 0 Å². The topological polar surface area (TPSA) is 70.8 Å². The average molecular weight is 353 g/mol. The Morgan fingerprint density at radius 3 is 2.69 bits per heavy atom. The molecule has 1 heterocycles.